The standard InChI is InChI=1S/C28H28BrClN4O3S/c1-16(20-4-3-5-24(26(20)30)37-19-8-10-33(2)11-9-19)36-25-14-18(13-21(27(25)38)28(31)35)34-15-32-22-12-17(29)6-7-23(22)34/h3-7,12-16,19,25H,8-11H2,1-2H3,(H2,31,35)/t16-,25?/m1/s1. The van der Waals surface area contributed by atoms with E-state index in [2.05, 4.69) is 32.9 Å². The van der Waals surface area contributed by atoms with Gasteiger partial charge >= 0.3 is 0 Å². The normalized spacial score (nSPS) is 19.8. The molecule has 1 fully saturated rings. The Morgan fingerprint density at radius 2 is 2.03 bits per heavy atom. The molecule has 3 aromatic rings. The maximum absolute atomic E-state index is 12.3. The van der Waals surface area contributed by atoms with E-state index in [9.17, 15) is 4.79 Å². The molecule has 0 radical (unpaired) electrons. The Balaban J connectivity index is 1.41. The van der Waals surface area contributed by atoms with Gasteiger partial charge in [0.25, 0.3) is 0 Å². The number of fused-ring (bicyclic) bond motifs is 1. The molecule has 7 nitrogen and oxygen atoms in total. The Kier molecular flexibility index (Phi) is 8.02. The maximum atomic E-state index is 12.3. The summed E-state index contributed by atoms with van der Waals surface area (Å²) in [7, 11) is 2.12. The molecule has 1 unspecified atom stereocenters. The molecule has 5 rings (SSSR count). The van der Waals surface area contributed by atoms with Gasteiger partial charge in [-0.15, -0.1) is 0 Å². The van der Waals surface area contributed by atoms with Crippen molar-refractivity contribution in [3.63, 3.8) is 0 Å². The van der Waals surface area contributed by atoms with Crippen molar-refractivity contribution in [1.82, 2.24) is 14.5 Å². The number of halogens is 2. The first-order chi connectivity index (χ1) is 18.2. The van der Waals surface area contributed by atoms with Crippen LogP contribution in [0.5, 0.6) is 5.75 Å². The molecular formula is C28H28BrClN4O3S. The van der Waals surface area contributed by atoms with Gasteiger partial charge in [0.2, 0.25) is 5.91 Å². The number of aromatic nitrogens is 2. The second-order valence-corrected chi connectivity index (χ2v) is 11.3. The first kappa shape index (κ1) is 27.0. The number of rotatable bonds is 7. The van der Waals surface area contributed by atoms with Gasteiger partial charge in [-0.1, -0.05) is 51.9 Å². The molecule has 10 heteroatoms. The quantitative estimate of drug-likeness (QED) is 0.343. The van der Waals surface area contributed by atoms with Crippen LogP contribution in [0.25, 0.3) is 16.7 Å². The Hall–Kier alpha value is -2.56. The third-order valence-electron chi connectivity index (χ3n) is 6.93. The number of thiocarbonyl (C=S) groups is 1. The molecule has 198 valence electrons. The van der Waals surface area contributed by atoms with E-state index in [1.165, 1.54) is 0 Å². The summed E-state index contributed by atoms with van der Waals surface area (Å²) in [5, 5.41) is 0.515. The Morgan fingerprint density at radius 1 is 1.26 bits per heavy atom. The van der Waals surface area contributed by atoms with Crippen molar-refractivity contribution in [3.05, 3.63) is 75.5 Å². The van der Waals surface area contributed by atoms with Gasteiger partial charge in [0.15, 0.2) is 0 Å². The fraction of sp³-hybridized carbons (Fsp3) is 0.321. The number of nitrogens with two attached hydrogens (primary N) is 1. The molecule has 2 aliphatic rings. The first-order valence-corrected chi connectivity index (χ1v) is 14.0. The fourth-order valence-corrected chi connectivity index (χ4v) is 5.75. The molecule has 1 aliphatic carbocycles. The lowest BCUT2D eigenvalue weighted by Crippen LogP contribution is -2.35. The van der Waals surface area contributed by atoms with Crippen LogP contribution in [0, 0.1) is 0 Å². The maximum Gasteiger partial charge on any atom is 0.250 e. The van der Waals surface area contributed by atoms with Crippen LogP contribution < -0.4 is 10.5 Å². The molecule has 2 aromatic carbocycles. The number of ether oxygens (including phenoxy) is 2. The van der Waals surface area contributed by atoms with Gasteiger partial charge in [-0.05, 0) is 63.2 Å². The highest BCUT2D eigenvalue weighted by Crippen LogP contribution is 2.36. The lowest BCUT2D eigenvalue weighted by Gasteiger charge is -2.30. The number of hydrogen-bond donors (Lipinski definition) is 1. The molecule has 1 aliphatic heterocycles. The van der Waals surface area contributed by atoms with Gasteiger partial charge < -0.3 is 20.1 Å². The molecule has 1 saturated heterocycles. The topological polar surface area (TPSA) is 82.6 Å². The summed E-state index contributed by atoms with van der Waals surface area (Å²) in [5.74, 6) is 0.0333. The number of primary amides is 1. The average molecular weight is 616 g/mol. The van der Waals surface area contributed by atoms with Crippen molar-refractivity contribution in [3.8, 4) is 5.75 Å². The lowest BCUT2D eigenvalue weighted by molar-refractivity contribution is -0.114. The second kappa shape index (κ2) is 11.3. The highest BCUT2D eigenvalue weighted by molar-refractivity contribution is 9.10. The zero-order valence-corrected chi connectivity index (χ0v) is 24.2. The van der Waals surface area contributed by atoms with Crippen molar-refractivity contribution in [2.24, 2.45) is 5.73 Å². The van der Waals surface area contributed by atoms with E-state index in [-0.39, 0.29) is 11.7 Å². The zero-order chi connectivity index (χ0) is 27.0. The summed E-state index contributed by atoms with van der Waals surface area (Å²) in [6.07, 6.45) is 6.18. The van der Waals surface area contributed by atoms with Crippen molar-refractivity contribution in [1.29, 1.82) is 0 Å². The summed E-state index contributed by atoms with van der Waals surface area (Å²) < 4.78 is 15.5. The molecule has 0 bridgehead atoms. The minimum atomic E-state index is -0.676. The number of imidazole rings is 1. The van der Waals surface area contributed by atoms with Crippen LogP contribution in [0.3, 0.4) is 0 Å². The van der Waals surface area contributed by atoms with E-state index in [1.807, 2.05) is 54.0 Å². The third-order valence-corrected chi connectivity index (χ3v) is 8.28. The number of carbonyl (C=O) groups is 1. The Labute approximate surface area is 240 Å². The molecule has 1 amide bonds. The second-order valence-electron chi connectivity index (χ2n) is 9.60. The molecule has 0 saturated carbocycles. The third kappa shape index (κ3) is 5.58. The monoisotopic (exact) mass is 614 g/mol. The number of likely N-dealkylation sites (tertiary alicyclic amines) is 1. The van der Waals surface area contributed by atoms with E-state index in [0.29, 0.717) is 21.3 Å². The minimum absolute atomic E-state index is 0.125. The van der Waals surface area contributed by atoms with Crippen LogP contribution in [0.4, 0.5) is 0 Å². The SMILES string of the molecule is C[C@@H](OC1C=C(n2cnc3cc(Br)ccc32)C=C(C(N)=O)C1=S)c1cccc(OC2CCN(C)CC2)c1Cl. The number of benzene rings is 2. The minimum Gasteiger partial charge on any atom is -0.489 e. The highest BCUT2D eigenvalue weighted by Gasteiger charge is 2.29. The summed E-state index contributed by atoms with van der Waals surface area (Å²) >= 11 is 15.9. The van der Waals surface area contributed by atoms with Crippen molar-refractivity contribution < 1.29 is 14.3 Å². The summed E-state index contributed by atoms with van der Waals surface area (Å²) in [4.78, 5) is 19.4. The smallest absolute Gasteiger partial charge is 0.250 e. The Bertz CT molecular complexity index is 1460. The summed E-state index contributed by atoms with van der Waals surface area (Å²) in [6.45, 7) is 3.89. The van der Waals surface area contributed by atoms with Crippen LogP contribution >= 0.6 is 39.7 Å². The highest BCUT2D eigenvalue weighted by atomic mass is 79.9. The predicted molar refractivity (Wildman–Crippen MR) is 157 cm³/mol. The lowest BCUT2D eigenvalue weighted by atomic mass is 9.98. The van der Waals surface area contributed by atoms with Crippen molar-refractivity contribution >= 4 is 67.3 Å². The van der Waals surface area contributed by atoms with E-state index >= 15 is 0 Å². The first-order valence-electron chi connectivity index (χ1n) is 12.4. The molecule has 0 spiro atoms. The van der Waals surface area contributed by atoms with Gasteiger partial charge in [0.1, 0.15) is 24.3 Å². The van der Waals surface area contributed by atoms with Gasteiger partial charge in [0.05, 0.1) is 32.6 Å². The van der Waals surface area contributed by atoms with Crippen LogP contribution in [0.1, 0.15) is 31.4 Å². The van der Waals surface area contributed by atoms with Crippen LogP contribution in [0.2, 0.25) is 5.02 Å². The summed E-state index contributed by atoms with van der Waals surface area (Å²) in [5.41, 5.74) is 9.09. The number of carbonyl (C=O) groups excluding carboxylic acids is 1. The largest absolute Gasteiger partial charge is 0.489 e. The van der Waals surface area contributed by atoms with E-state index in [0.717, 1.165) is 47.0 Å². The zero-order valence-electron chi connectivity index (χ0n) is 21.1. The van der Waals surface area contributed by atoms with Crippen molar-refractivity contribution in [2.45, 2.75) is 38.1 Å². The molecule has 2 N–H and O–H groups in total. The molecule has 38 heavy (non-hydrogen) atoms. The molecular weight excluding hydrogens is 588 g/mol. The van der Waals surface area contributed by atoms with Crippen LogP contribution in [-0.2, 0) is 9.53 Å². The van der Waals surface area contributed by atoms with E-state index in [4.69, 9.17) is 39.0 Å². The van der Waals surface area contributed by atoms with E-state index < -0.39 is 18.1 Å². The average Bonchev–Trinajstić information content (AvgIpc) is 3.30. The molecule has 2 heterocycles. The van der Waals surface area contributed by atoms with Crippen LogP contribution in [-0.4, -0.2) is 57.6 Å². The van der Waals surface area contributed by atoms with Gasteiger partial charge in [-0.25, -0.2) is 4.98 Å². The van der Waals surface area contributed by atoms with Gasteiger partial charge in [-0.3, -0.25) is 9.36 Å². The van der Waals surface area contributed by atoms with E-state index in [1.54, 1.807) is 12.4 Å². The number of nitrogens with zero attached hydrogens (tertiary/aromatic N) is 3. The predicted octanol–water partition coefficient (Wildman–Crippen LogP) is 5.71. The van der Waals surface area contributed by atoms with Gasteiger partial charge in [-0.2, -0.15) is 0 Å². The number of piperidine rings is 1. The number of hydrogen-bond acceptors (Lipinski definition) is 6. The van der Waals surface area contributed by atoms with Gasteiger partial charge in [0, 0.05) is 28.8 Å². The summed E-state index contributed by atoms with van der Waals surface area (Å²) in [6, 6.07) is 11.5. The molecule has 1 aromatic heterocycles. The number of amides is 1. The number of allylic oxidation sites excluding steroid dienone is 2. The molecule has 2 atom stereocenters. The Morgan fingerprint density at radius 3 is 2.76 bits per heavy atom. The van der Waals surface area contributed by atoms with Crippen molar-refractivity contribution in [2.75, 3.05) is 20.1 Å². The fourth-order valence-electron chi connectivity index (χ4n) is 4.79. The van der Waals surface area contributed by atoms with Crippen LogP contribution in [0.15, 0.2) is 64.9 Å².